The highest BCUT2D eigenvalue weighted by Crippen LogP contribution is 2.32. The molecule has 2 aromatic heterocycles. The van der Waals surface area contributed by atoms with E-state index in [9.17, 15) is 5.11 Å². The van der Waals surface area contributed by atoms with Crippen LogP contribution in [0.5, 0.6) is 5.88 Å². The van der Waals surface area contributed by atoms with E-state index < -0.39 is 0 Å². The van der Waals surface area contributed by atoms with Gasteiger partial charge < -0.3 is 9.84 Å². The molecule has 5 heteroatoms. The van der Waals surface area contributed by atoms with Gasteiger partial charge in [-0.15, -0.1) is 0 Å². The number of fused-ring (bicyclic) bond motifs is 1. The van der Waals surface area contributed by atoms with Gasteiger partial charge in [-0.05, 0) is 25.0 Å². The van der Waals surface area contributed by atoms with Crippen molar-refractivity contribution in [2.24, 2.45) is 0 Å². The Labute approximate surface area is 104 Å². The molecule has 0 unspecified atom stereocenters. The fourth-order valence-electron chi connectivity index (χ4n) is 2.34. The van der Waals surface area contributed by atoms with Crippen molar-refractivity contribution >= 4 is 17.1 Å². The number of imidazole rings is 1. The molecule has 0 atom stereocenters. The SMILES string of the molecule is Oc1cccc2c(Cl)nc(C3CCOCC3)n12. The lowest BCUT2D eigenvalue weighted by Crippen LogP contribution is -2.16. The van der Waals surface area contributed by atoms with Crippen molar-refractivity contribution < 1.29 is 9.84 Å². The van der Waals surface area contributed by atoms with Crippen LogP contribution in [0.4, 0.5) is 0 Å². The van der Waals surface area contributed by atoms with Gasteiger partial charge in [-0.1, -0.05) is 17.7 Å². The smallest absolute Gasteiger partial charge is 0.197 e. The first-order valence-electron chi connectivity index (χ1n) is 5.71. The predicted octanol–water partition coefficient (Wildman–Crippen LogP) is 2.59. The van der Waals surface area contributed by atoms with Crippen LogP contribution in [0.3, 0.4) is 0 Å². The van der Waals surface area contributed by atoms with E-state index in [0.717, 1.165) is 37.4 Å². The van der Waals surface area contributed by atoms with Gasteiger partial charge in [0.05, 0.1) is 5.52 Å². The summed E-state index contributed by atoms with van der Waals surface area (Å²) in [5.74, 6) is 1.33. The van der Waals surface area contributed by atoms with Crippen LogP contribution in [-0.4, -0.2) is 27.7 Å². The largest absolute Gasteiger partial charge is 0.494 e. The fraction of sp³-hybridized carbons (Fsp3) is 0.417. The third-order valence-corrected chi connectivity index (χ3v) is 3.49. The molecule has 1 fully saturated rings. The molecule has 0 saturated carbocycles. The van der Waals surface area contributed by atoms with Crippen LogP contribution < -0.4 is 0 Å². The molecule has 0 aromatic carbocycles. The Bertz CT molecular complexity index is 547. The summed E-state index contributed by atoms with van der Waals surface area (Å²) in [5, 5.41) is 10.4. The number of pyridine rings is 1. The minimum Gasteiger partial charge on any atom is -0.494 e. The molecular weight excluding hydrogens is 240 g/mol. The quantitative estimate of drug-likeness (QED) is 0.849. The molecule has 0 spiro atoms. The van der Waals surface area contributed by atoms with E-state index >= 15 is 0 Å². The van der Waals surface area contributed by atoms with Crippen molar-refractivity contribution in [2.75, 3.05) is 13.2 Å². The fourth-order valence-corrected chi connectivity index (χ4v) is 2.57. The summed E-state index contributed by atoms with van der Waals surface area (Å²) >= 11 is 6.09. The third kappa shape index (κ3) is 1.77. The predicted molar refractivity (Wildman–Crippen MR) is 64.7 cm³/mol. The number of aromatic nitrogens is 2. The monoisotopic (exact) mass is 252 g/mol. The molecule has 3 rings (SSSR count). The topological polar surface area (TPSA) is 46.8 Å². The molecule has 3 heterocycles. The van der Waals surface area contributed by atoms with Crippen LogP contribution in [0.2, 0.25) is 5.15 Å². The molecule has 0 amide bonds. The van der Waals surface area contributed by atoms with Crippen LogP contribution in [-0.2, 0) is 4.74 Å². The molecular formula is C12H13ClN2O2. The minimum absolute atomic E-state index is 0.184. The number of ether oxygens (including phenoxy) is 1. The summed E-state index contributed by atoms with van der Waals surface area (Å²) in [6.07, 6.45) is 1.84. The average Bonchev–Trinajstić information content (AvgIpc) is 2.70. The van der Waals surface area contributed by atoms with Gasteiger partial charge in [-0.3, -0.25) is 4.40 Å². The van der Waals surface area contributed by atoms with E-state index in [0.29, 0.717) is 11.1 Å². The standard InChI is InChI=1S/C12H13ClN2O2/c13-11-9-2-1-3-10(16)15(9)12(14-11)8-4-6-17-7-5-8/h1-3,8,16H,4-7H2. The zero-order valence-electron chi connectivity index (χ0n) is 9.27. The van der Waals surface area contributed by atoms with Gasteiger partial charge in [0.1, 0.15) is 5.82 Å². The van der Waals surface area contributed by atoms with Gasteiger partial charge in [0, 0.05) is 19.1 Å². The second-order valence-corrected chi connectivity index (χ2v) is 4.61. The van der Waals surface area contributed by atoms with Gasteiger partial charge in [-0.2, -0.15) is 0 Å². The van der Waals surface area contributed by atoms with Crippen LogP contribution in [0.15, 0.2) is 18.2 Å². The minimum atomic E-state index is 0.184. The summed E-state index contributed by atoms with van der Waals surface area (Å²) in [6.45, 7) is 1.48. The van der Waals surface area contributed by atoms with Crippen LogP contribution in [0.1, 0.15) is 24.6 Å². The van der Waals surface area contributed by atoms with Crippen LogP contribution in [0, 0.1) is 0 Å². The van der Waals surface area contributed by atoms with Gasteiger partial charge in [0.15, 0.2) is 11.0 Å². The van der Waals surface area contributed by atoms with Gasteiger partial charge in [0.2, 0.25) is 0 Å². The highest BCUT2D eigenvalue weighted by molar-refractivity contribution is 6.32. The molecule has 17 heavy (non-hydrogen) atoms. The molecule has 4 nitrogen and oxygen atoms in total. The van der Waals surface area contributed by atoms with Crippen molar-refractivity contribution in [3.05, 3.63) is 29.2 Å². The van der Waals surface area contributed by atoms with Crippen molar-refractivity contribution in [3.8, 4) is 5.88 Å². The van der Waals surface area contributed by atoms with Gasteiger partial charge >= 0.3 is 0 Å². The molecule has 90 valence electrons. The summed E-state index contributed by atoms with van der Waals surface area (Å²) in [7, 11) is 0. The highest BCUT2D eigenvalue weighted by atomic mass is 35.5. The number of aromatic hydroxyl groups is 1. The Balaban J connectivity index is 2.15. The maximum Gasteiger partial charge on any atom is 0.197 e. The zero-order chi connectivity index (χ0) is 11.8. The number of nitrogens with zero attached hydrogens (tertiary/aromatic N) is 2. The maximum atomic E-state index is 9.93. The normalized spacial score (nSPS) is 17.7. The number of hydrogen-bond acceptors (Lipinski definition) is 3. The first-order chi connectivity index (χ1) is 8.27. The second kappa shape index (κ2) is 4.20. The lowest BCUT2D eigenvalue weighted by molar-refractivity contribution is 0.0833. The highest BCUT2D eigenvalue weighted by Gasteiger charge is 2.23. The first-order valence-corrected chi connectivity index (χ1v) is 6.09. The molecule has 1 saturated heterocycles. The molecule has 2 aromatic rings. The lowest BCUT2D eigenvalue weighted by atomic mass is 9.99. The number of halogens is 1. The lowest BCUT2D eigenvalue weighted by Gasteiger charge is -2.21. The van der Waals surface area contributed by atoms with E-state index in [2.05, 4.69) is 4.98 Å². The molecule has 0 radical (unpaired) electrons. The summed E-state index contributed by atoms with van der Waals surface area (Å²) in [4.78, 5) is 4.39. The summed E-state index contributed by atoms with van der Waals surface area (Å²) in [6, 6.07) is 5.28. The van der Waals surface area contributed by atoms with Gasteiger partial charge in [0.25, 0.3) is 0 Å². The molecule has 1 aliphatic rings. The Kier molecular flexibility index (Phi) is 2.68. The van der Waals surface area contributed by atoms with E-state index in [1.807, 2.05) is 6.07 Å². The number of rotatable bonds is 1. The maximum absolute atomic E-state index is 9.93. The Morgan fingerprint density at radius 2 is 2.12 bits per heavy atom. The summed E-state index contributed by atoms with van der Waals surface area (Å²) < 4.78 is 7.07. The van der Waals surface area contributed by atoms with Crippen molar-refractivity contribution in [1.82, 2.24) is 9.38 Å². The van der Waals surface area contributed by atoms with Crippen molar-refractivity contribution in [1.29, 1.82) is 0 Å². The van der Waals surface area contributed by atoms with E-state index in [-0.39, 0.29) is 5.88 Å². The zero-order valence-corrected chi connectivity index (χ0v) is 10.0. The molecule has 1 aliphatic heterocycles. The van der Waals surface area contributed by atoms with Gasteiger partial charge in [-0.25, -0.2) is 4.98 Å². The molecule has 1 N–H and O–H groups in total. The Hall–Kier alpha value is -1.26. The van der Waals surface area contributed by atoms with E-state index in [1.54, 1.807) is 16.5 Å². The van der Waals surface area contributed by atoms with Crippen molar-refractivity contribution in [2.45, 2.75) is 18.8 Å². The first kappa shape index (κ1) is 10.9. The van der Waals surface area contributed by atoms with Crippen molar-refractivity contribution in [3.63, 3.8) is 0 Å². The molecule has 0 aliphatic carbocycles. The number of hydrogen-bond donors (Lipinski definition) is 1. The Morgan fingerprint density at radius 1 is 1.35 bits per heavy atom. The van der Waals surface area contributed by atoms with Crippen LogP contribution in [0.25, 0.3) is 5.52 Å². The summed E-state index contributed by atoms with van der Waals surface area (Å²) in [5.41, 5.74) is 0.758. The van der Waals surface area contributed by atoms with Crippen LogP contribution >= 0.6 is 11.6 Å². The van der Waals surface area contributed by atoms with E-state index in [4.69, 9.17) is 16.3 Å². The molecule has 0 bridgehead atoms. The average molecular weight is 253 g/mol. The Morgan fingerprint density at radius 3 is 2.88 bits per heavy atom. The third-order valence-electron chi connectivity index (χ3n) is 3.21. The second-order valence-electron chi connectivity index (χ2n) is 4.25. The van der Waals surface area contributed by atoms with E-state index in [1.165, 1.54) is 0 Å².